The van der Waals surface area contributed by atoms with Gasteiger partial charge in [-0.1, -0.05) is 209 Å². The summed E-state index contributed by atoms with van der Waals surface area (Å²) in [5.41, 5.74) is 0. The minimum Gasteiger partial charge on any atom is -0.462 e. The minimum absolute atomic E-state index is 0.0945. The van der Waals surface area contributed by atoms with Gasteiger partial charge in [0.15, 0.2) is 6.10 Å². The van der Waals surface area contributed by atoms with E-state index in [4.69, 9.17) is 14.2 Å². The lowest BCUT2D eigenvalue weighted by molar-refractivity contribution is -0.167. The molecule has 1 atom stereocenters. The molecular formula is C53H88O6. The predicted octanol–water partition coefficient (Wildman–Crippen LogP) is 15.6. The fraction of sp³-hybridized carbons (Fsp3) is 0.679. The maximum Gasteiger partial charge on any atom is 0.306 e. The van der Waals surface area contributed by atoms with E-state index in [2.05, 4.69) is 106 Å². The van der Waals surface area contributed by atoms with E-state index in [1.807, 2.05) is 0 Å². The predicted molar refractivity (Wildman–Crippen MR) is 251 cm³/mol. The third-order valence-corrected chi connectivity index (χ3v) is 9.91. The van der Waals surface area contributed by atoms with Crippen LogP contribution in [0.5, 0.6) is 0 Å². The summed E-state index contributed by atoms with van der Waals surface area (Å²) in [6.45, 7) is 6.37. The van der Waals surface area contributed by atoms with Gasteiger partial charge in [-0.05, 0) is 70.6 Å². The second kappa shape index (κ2) is 47.3. The molecular weight excluding hydrogens is 733 g/mol. The van der Waals surface area contributed by atoms with Gasteiger partial charge < -0.3 is 14.2 Å². The third-order valence-electron chi connectivity index (χ3n) is 9.91. The molecule has 0 heterocycles. The van der Waals surface area contributed by atoms with Crippen molar-refractivity contribution >= 4 is 17.9 Å². The Morgan fingerprint density at radius 3 is 1.03 bits per heavy atom. The average Bonchev–Trinajstić information content (AvgIpc) is 3.23. The zero-order valence-corrected chi connectivity index (χ0v) is 38.2. The maximum absolute atomic E-state index is 12.7. The molecule has 0 saturated carbocycles. The lowest BCUT2D eigenvalue weighted by Crippen LogP contribution is -2.30. The fourth-order valence-electron chi connectivity index (χ4n) is 6.31. The van der Waals surface area contributed by atoms with Crippen LogP contribution in [-0.2, 0) is 28.6 Å². The molecule has 0 spiro atoms. The lowest BCUT2D eigenvalue weighted by Gasteiger charge is -2.18. The summed E-state index contributed by atoms with van der Waals surface area (Å²) in [5, 5.41) is 0. The summed E-state index contributed by atoms with van der Waals surface area (Å²) in [4.78, 5) is 37.5. The molecule has 6 heteroatoms. The van der Waals surface area contributed by atoms with Gasteiger partial charge in [0.1, 0.15) is 13.2 Å². The van der Waals surface area contributed by atoms with Gasteiger partial charge in [0, 0.05) is 19.3 Å². The molecule has 1 unspecified atom stereocenters. The molecule has 0 saturated heterocycles. The number of hydrogen-bond acceptors (Lipinski definition) is 6. The largest absolute Gasteiger partial charge is 0.462 e. The van der Waals surface area contributed by atoms with Crippen molar-refractivity contribution in [3.63, 3.8) is 0 Å². The molecule has 0 aliphatic heterocycles. The third kappa shape index (κ3) is 45.5. The molecule has 0 aromatic carbocycles. The molecule has 0 aliphatic rings. The molecule has 0 N–H and O–H groups in total. The van der Waals surface area contributed by atoms with Crippen LogP contribution in [0.15, 0.2) is 85.1 Å². The van der Waals surface area contributed by atoms with Gasteiger partial charge in [-0.15, -0.1) is 0 Å². The Hall–Kier alpha value is -3.41. The van der Waals surface area contributed by atoms with E-state index in [0.29, 0.717) is 19.3 Å². The molecule has 0 aliphatic carbocycles. The van der Waals surface area contributed by atoms with Crippen molar-refractivity contribution in [3.8, 4) is 0 Å². The van der Waals surface area contributed by atoms with Crippen LogP contribution in [0, 0.1) is 0 Å². The molecule has 0 radical (unpaired) electrons. The van der Waals surface area contributed by atoms with Crippen LogP contribution in [0.1, 0.15) is 213 Å². The van der Waals surface area contributed by atoms with Gasteiger partial charge in [-0.25, -0.2) is 0 Å². The zero-order valence-electron chi connectivity index (χ0n) is 38.2. The van der Waals surface area contributed by atoms with Crippen LogP contribution < -0.4 is 0 Å². The highest BCUT2D eigenvalue weighted by Gasteiger charge is 2.19. The Balaban J connectivity index is 4.29. The smallest absolute Gasteiger partial charge is 0.306 e. The molecule has 6 nitrogen and oxygen atoms in total. The molecule has 0 aromatic heterocycles. The van der Waals surface area contributed by atoms with Crippen molar-refractivity contribution in [1.29, 1.82) is 0 Å². The number of hydrogen-bond donors (Lipinski definition) is 0. The molecule has 0 bridgehead atoms. The summed E-state index contributed by atoms with van der Waals surface area (Å²) in [7, 11) is 0. The minimum atomic E-state index is -0.793. The number of carbonyl (C=O) groups excluding carboxylic acids is 3. The monoisotopic (exact) mass is 821 g/mol. The summed E-state index contributed by atoms with van der Waals surface area (Å²) >= 11 is 0. The summed E-state index contributed by atoms with van der Waals surface area (Å²) in [6, 6.07) is 0. The Morgan fingerprint density at radius 1 is 0.356 bits per heavy atom. The highest BCUT2D eigenvalue weighted by Crippen LogP contribution is 2.14. The molecule has 0 rings (SSSR count). The topological polar surface area (TPSA) is 78.9 Å². The van der Waals surface area contributed by atoms with E-state index in [-0.39, 0.29) is 37.5 Å². The summed E-state index contributed by atoms with van der Waals surface area (Å²) in [6.07, 6.45) is 60.3. The van der Waals surface area contributed by atoms with Crippen LogP contribution in [0.3, 0.4) is 0 Å². The normalized spacial score (nSPS) is 12.8. The van der Waals surface area contributed by atoms with Crippen molar-refractivity contribution in [1.82, 2.24) is 0 Å². The summed E-state index contributed by atoms with van der Waals surface area (Å²) in [5.74, 6) is -0.974. The van der Waals surface area contributed by atoms with Crippen molar-refractivity contribution in [2.75, 3.05) is 13.2 Å². The van der Waals surface area contributed by atoms with E-state index >= 15 is 0 Å². The number of esters is 3. The molecule has 0 amide bonds. The van der Waals surface area contributed by atoms with E-state index in [1.54, 1.807) is 0 Å². The highest BCUT2D eigenvalue weighted by atomic mass is 16.6. The SMILES string of the molecule is CC/C=C\C/C=C\C/C=C\C/C=C\C/C=C\C/C=C\C/C=C\CCCC(=O)OCC(COC(=O)CCCCCCC)OC(=O)CCCCCCCCCCCCCCC. The Bertz CT molecular complexity index is 1170. The molecule has 0 fully saturated rings. The van der Waals surface area contributed by atoms with Crippen molar-refractivity contribution in [2.24, 2.45) is 0 Å². The Labute approximate surface area is 363 Å². The standard InChI is InChI=1S/C53H88O6/c1-4-7-10-13-15-17-19-21-22-23-24-25-26-27-28-29-30-32-33-35-37-40-43-46-52(55)58-49-50(48-57-51(54)45-42-39-12-9-6-3)59-53(56)47-44-41-38-36-34-31-20-18-16-14-11-8-5-2/h7,10,15,17,21-22,24-25,27-28,30,32,35,37,50H,4-6,8-9,11-14,16,18-20,23,26,29,31,33-34,36,38-49H2,1-3H3/b10-7-,17-15-,22-21-,25-24-,28-27-,32-30-,37-35-. The van der Waals surface area contributed by atoms with Crippen molar-refractivity contribution in [3.05, 3.63) is 85.1 Å². The summed E-state index contributed by atoms with van der Waals surface area (Å²) < 4.78 is 16.6. The van der Waals surface area contributed by atoms with Gasteiger partial charge >= 0.3 is 17.9 Å². The first-order valence-corrected chi connectivity index (χ1v) is 24.1. The maximum atomic E-state index is 12.7. The van der Waals surface area contributed by atoms with Crippen LogP contribution in [-0.4, -0.2) is 37.2 Å². The quantitative estimate of drug-likeness (QED) is 0.0264. The van der Waals surface area contributed by atoms with Gasteiger partial charge in [0.05, 0.1) is 0 Å². The second-order valence-electron chi connectivity index (χ2n) is 15.6. The lowest BCUT2D eigenvalue weighted by atomic mass is 10.0. The van der Waals surface area contributed by atoms with E-state index in [1.165, 1.54) is 64.2 Å². The number of rotatable bonds is 42. The first-order valence-electron chi connectivity index (χ1n) is 24.1. The van der Waals surface area contributed by atoms with Gasteiger partial charge in [-0.3, -0.25) is 14.4 Å². The van der Waals surface area contributed by atoms with Crippen LogP contribution in [0.25, 0.3) is 0 Å². The van der Waals surface area contributed by atoms with Crippen LogP contribution in [0.2, 0.25) is 0 Å². The first-order chi connectivity index (χ1) is 29.0. The van der Waals surface area contributed by atoms with E-state index in [0.717, 1.165) is 103 Å². The molecule has 59 heavy (non-hydrogen) atoms. The zero-order chi connectivity index (χ0) is 43.0. The van der Waals surface area contributed by atoms with E-state index < -0.39 is 6.10 Å². The average molecular weight is 821 g/mol. The van der Waals surface area contributed by atoms with Crippen molar-refractivity contribution < 1.29 is 28.6 Å². The first kappa shape index (κ1) is 55.6. The fourth-order valence-corrected chi connectivity index (χ4v) is 6.31. The van der Waals surface area contributed by atoms with Gasteiger partial charge in [-0.2, -0.15) is 0 Å². The highest BCUT2D eigenvalue weighted by molar-refractivity contribution is 5.71. The number of carbonyl (C=O) groups is 3. The number of unbranched alkanes of at least 4 members (excludes halogenated alkanes) is 17. The molecule has 0 aromatic rings. The number of ether oxygens (including phenoxy) is 3. The molecule has 336 valence electrons. The van der Waals surface area contributed by atoms with Gasteiger partial charge in [0.25, 0.3) is 0 Å². The van der Waals surface area contributed by atoms with Crippen molar-refractivity contribution in [2.45, 2.75) is 219 Å². The second-order valence-corrected chi connectivity index (χ2v) is 15.6. The van der Waals surface area contributed by atoms with E-state index in [9.17, 15) is 14.4 Å². The van der Waals surface area contributed by atoms with Gasteiger partial charge in [0.2, 0.25) is 0 Å². The Morgan fingerprint density at radius 2 is 0.661 bits per heavy atom. The Kier molecular flexibility index (Phi) is 44.5. The van der Waals surface area contributed by atoms with Crippen LogP contribution in [0.4, 0.5) is 0 Å². The van der Waals surface area contributed by atoms with Crippen LogP contribution >= 0.6 is 0 Å². The number of allylic oxidation sites excluding steroid dienone is 14.